The smallest absolute Gasteiger partial charge is 0.180 e. The predicted molar refractivity (Wildman–Crippen MR) is 121 cm³/mol. The quantitative estimate of drug-likeness (QED) is 0.506. The van der Waals surface area contributed by atoms with E-state index in [-0.39, 0.29) is 0 Å². The van der Waals surface area contributed by atoms with Crippen molar-refractivity contribution in [2.75, 3.05) is 36.5 Å². The lowest BCUT2D eigenvalue weighted by molar-refractivity contribution is 0.122. The molecule has 1 aliphatic rings. The summed E-state index contributed by atoms with van der Waals surface area (Å²) in [5.41, 5.74) is 7.25. The van der Waals surface area contributed by atoms with Crippen molar-refractivity contribution in [3.05, 3.63) is 66.4 Å². The third-order valence-electron chi connectivity index (χ3n) is 5.58. The minimum Gasteiger partial charge on any atom is -0.378 e. The van der Waals surface area contributed by atoms with Gasteiger partial charge < -0.3 is 19.9 Å². The van der Waals surface area contributed by atoms with Gasteiger partial charge >= 0.3 is 0 Å². The highest BCUT2D eigenvalue weighted by Gasteiger charge is 2.13. The summed E-state index contributed by atoms with van der Waals surface area (Å²) in [7, 11) is 0. The van der Waals surface area contributed by atoms with E-state index in [0.29, 0.717) is 5.65 Å². The molecule has 2 aromatic carbocycles. The maximum atomic E-state index is 5.45. The first-order chi connectivity index (χ1) is 14.8. The van der Waals surface area contributed by atoms with Crippen molar-refractivity contribution in [1.82, 2.24) is 15.0 Å². The largest absolute Gasteiger partial charge is 0.378 e. The molecule has 0 atom stereocenters. The molecule has 5 rings (SSSR count). The lowest BCUT2D eigenvalue weighted by Crippen LogP contribution is -2.36. The van der Waals surface area contributed by atoms with E-state index in [1.165, 1.54) is 11.3 Å². The number of para-hydroxylation sites is 1. The Labute approximate surface area is 175 Å². The highest BCUT2D eigenvalue weighted by atomic mass is 16.5. The zero-order valence-corrected chi connectivity index (χ0v) is 17.1. The second-order valence-electron chi connectivity index (χ2n) is 7.42. The molecule has 1 aliphatic heterocycles. The number of aromatic nitrogens is 3. The Bertz CT molecular complexity index is 1150. The van der Waals surface area contributed by atoms with E-state index in [0.717, 1.165) is 61.0 Å². The standard InChI is InChI=1S/C24H25N5O/c1-2-17-5-3-4-6-20(17)26-21-11-12-25-24-22(21)27-23(28-24)18-7-9-19(10-8-18)29-13-15-30-16-14-29/h3-12H,2,13-16H2,1H3,(H2,25,26,27,28). The summed E-state index contributed by atoms with van der Waals surface area (Å²) in [6.07, 6.45) is 2.77. The average Bonchev–Trinajstić information content (AvgIpc) is 3.26. The number of ether oxygens (including phenoxy) is 1. The number of aryl methyl sites for hydroxylation is 1. The van der Waals surface area contributed by atoms with Gasteiger partial charge in [0.15, 0.2) is 5.65 Å². The minimum atomic E-state index is 0.709. The molecule has 0 aliphatic carbocycles. The van der Waals surface area contributed by atoms with Gasteiger partial charge in [-0.25, -0.2) is 9.97 Å². The fourth-order valence-corrected chi connectivity index (χ4v) is 3.90. The van der Waals surface area contributed by atoms with Crippen molar-refractivity contribution in [2.45, 2.75) is 13.3 Å². The lowest BCUT2D eigenvalue weighted by Gasteiger charge is -2.28. The van der Waals surface area contributed by atoms with Gasteiger partial charge in [0.1, 0.15) is 11.3 Å². The Balaban J connectivity index is 1.44. The van der Waals surface area contributed by atoms with Crippen LogP contribution in [0.3, 0.4) is 0 Å². The molecular formula is C24H25N5O. The van der Waals surface area contributed by atoms with Crippen LogP contribution in [0.5, 0.6) is 0 Å². The molecule has 3 heterocycles. The maximum Gasteiger partial charge on any atom is 0.180 e. The number of hydrogen-bond donors (Lipinski definition) is 2. The number of nitrogens with zero attached hydrogens (tertiary/aromatic N) is 3. The Morgan fingerprint density at radius 3 is 2.60 bits per heavy atom. The van der Waals surface area contributed by atoms with Gasteiger partial charge in [-0.3, -0.25) is 0 Å². The zero-order valence-electron chi connectivity index (χ0n) is 17.1. The first-order valence-electron chi connectivity index (χ1n) is 10.4. The molecule has 1 fully saturated rings. The Hall–Kier alpha value is -3.38. The molecule has 0 radical (unpaired) electrons. The summed E-state index contributed by atoms with van der Waals surface area (Å²) in [4.78, 5) is 15.0. The van der Waals surface area contributed by atoms with Gasteiger partial charge in [0.2, 0.25) is 0 Å². The van der Waals surface area contributed by atoms with E-state index in [1.54, 1.807) is 6.20 Å². The molecule has 0 unspecified atom stereocenters. The predicted octanol–water partition coefficient (Wildman–Crippen LogP) is 4.77. The van der Waals surface area contributed by atoms with Crippen LogP contribution >= 0.6 is 0 Å². The highest BCUT2D eigenvalue weighted by Crippen LogP contribution is 2.29. The van der Waals surface area contributed by atoms with Crippen molar-refractivity contribution >= 4 is 28.2 Å². The summed E-state index contributed by atoms with van der Waals surface area (Å²) in [5.74, 6) is 0.823. The molecule has 0 amide bonds. The normalized spacial score (nSPS) is 14.2. The number of aromatic amines is 1. The number of imidazole rings is 1. The van der Waals surface area contributed by atoms with Crippen LogP contribution in [-0.2, 0) is 11.2 Å². The van der Waals surface area contributed by atoms with Gasteiger partial charge in [0, 0.05) is 36.2 Å². The van der Waals surface area contributed by atoms with E-state index in [4.69, 9.17) is 9.72 Å². The molecule has 1 saturated heterocycles. The summed E-state index contributed by atoms with van der Waals surface area (Å²) in [5, 5.41) is 3.55. The van der Waals surface area contributed by atoms with Gasteiger partial charge in [0.05, 0.1) is 18.9 Å². The van der Waals surface area contributed by atoms with Gasteiger partial charge in [-0.15, -0.1) is 0 Å². The molecule has 2 aromatic heterocycles. The van der Waals surface area contributed by atoms with E-state index < -0.39 is 0 Å². The number of benzene rings is 2. The van der Waals surface area contributed by atoms with E-state index in [1.807, 2.05) is 12.1 Å². The van der Waals surface area contributed by atoms with Crippen molar-refractivity contribution in [3.63, 3.8) is 0 Å². The molecule has 6 heteroatoms. The third kappa shape index (κ3) is 3.62. The van der Waals surface area contributed by atoms with Crippen LogP contribution in [-0.4, -0.2) is 41.3 Å². The van der Waals surface area contributed by atoms with Crippen LogP contribution < -0.4 is 10.2 Å². The number of hydrogen-bond acceptors (Lipinski definition) is 5. The Kier molecular flexibility index (Phi) is 5.07. The van der Waals surface area contributed by atoms with Crippen molar-refractivity contribution in [1.29, 1.82) is 0 Å². The number of fused-ring (bicyclic) bond motifs is 1. The van der Waals surface area contributed by atoms with Crippen LogP contribution in [0.1, 0.15) is 12.5 Å². The van der Waals surface area contributed by atoms with Crippen molar-refractivity contribution < 1.29 is 4.74 Å². The molecule has 30 heavy (non-hydrogen) atoms. The number of H-pyrrole nitrogens is 1. The highest BCUT2D eigenvalue weighted by molar-refractivity contribution is 5.90. The fourth-order valence-electron chi connectivity index (χ4n) is 3.90. The molecule has 152 valence electrons. The SMILES string of the molecule is CCc1ccccc1Nc1ccnc2nc(-c3ccc(N4CCOCC4)cc3)[nH]c12. The van der Waals surface area contributed by atoms with Crippen molar-refractivity contribution in [2.24, 2.45) is 0 Å². The van der Waals surface area contributed by atoms with Crippen LogP contribution in [0.4, 0.5) is 17.1 Å². The van der Waals surface area contributed by atoms with Crippen LogP contribution in [0.25, 0.3) is 22.6 Å². The minimum absolute atomic E-state index is 0.709. The molecule has 0 spiro atoms. The molecular weight excluding hydrogens is 374 g/mol. The summed E-state index contributed by atoms with van der Waals surface area (Å²) < 4.78 is 5.45. The number of rotatable bonds is 5. The number of nitrogens with one attached hydrogen (secondary N) is 2. The molecule has 6 nitrogen and oxygen atoms in total. The van der Waals surface area contributed by atoms with Crippen LogP contribution in [0.2, 0.25) is 0 Å². The van der Waals surface area contributed by atoms with Crippen LogP contribution in [0.15, 0.2) is 60.8 Å². The average molecular weight is 399 g/mol. The van der Waals surface area contributed by atoms with E-state index >= 15 is 0 Å². The number of anilines is 3. The third-order valence-corrected chi connectivity index (χ3v) is 5.58. The van der Waals surface area contributed by atoms with Crippen molar-refractivity contribution in [3.8, 4) is 11.4 Å². The number of morpholine rings is 1. The van der Waals surface area contributed by atoms with Gasteiger partial charge in [-0.2, -0.15) is 0 Å². The Morgan fingerprint density at radius 2 is 1.80 bits per heavy atom. The summed E-state index contributed by atoms with van der Waals surface area (Å²) in [6, 6.07) is 18.9. The van der Waals surface area contributed by atoms with Gasteiger partial charge in [-0.05, 0) is 48.4 Å². The molecule has 0 saturated carbocycles. The molecule has 2 N–H and O–H groups in total. The monoisotopic (exact) mass is 399 g/mol. The second kappa shape index (κ2) is 8.16. The first kappa shape index (κ1) is 18.6. The van der Waals surface area contributed by atoms with E-state index in [9.17, 15) is 0 Å². The Morgan fingerprint density at radius 1 is 1.00 bits per heavy atom. The molecule has 4 aromatic rings. The zero-order chi connectivity index (χ0) is 20.3. The fraction of sp³-hybridized carbons (Fsp3) is 0.250. The maximum absolute atomic E-state index is 5.45. The van der Waals surface area contributed by atoms with E-state index in [2.05, 4.69) is 69.6 Å². The number of pyridine rings is 1. The topological polar surface area (TPSA) is 66.1 Å². The molecule has 0 bridgehead atoms. The van der Waals surface area contributed by atoms with Gasteiger partial charge in [-0.1, -0.05) is 25.1 Å². The van der Waals surface area contributed by atoms with Gasteiger partial charge in [0.25, 0.3) is 0 Å². The summed E-state index contributed by atoms with van der Waals surface area (Å²) in [6.45, 7) is 5.60. The summed E-state index contributed by atoms with van der Waals surface area (Å²) >= 11 is 0. The first-order valence-corrected chi connectivity index (χ1v) is 10.4. The second-order valence-corrected chi connectivity index (χ2v) is 7.42. The van der Waals surface area contributed by atoms with Crippen LogP contribution in [0, 0.1) is 0 Å². The lowest BCUT2D eigenvalue weighted by atomic mass is 10.1.